The number of nitrogens with zero attached hydrogens (tertiary/aromatic N) is 2. The van der Waals surface area contributed by atoms with Crippen LogP contribution in [-0.4, -0.2) is 9.55 Å². The average molecular weight is 275 g/mol. The Kier molecular flexibility index (Phi) is 2.67. The van der Waals surface area contributed by atoms with Gasteiger partial charge >= 0.3 is 5.76 Å². The van der Waals surface area contributed by atoms with Gasteiger partial charge in [0, 0.05) is 17.5 Å². The van der Waals surface area contributed by atoms with E-state index in [1.807, 2.05) is 18.2 Å². The first-order chi connectivity index (χ1) is 9.10. The van der Waals surface area contributed by atoms with Gasteiger partial charge in [-0.05, 0) is 18.6 Å². The summed E-state index contributed by atoms with van der Waals surface area (Å²) in [6.45, 7) is 2.07. The molecule has 2 N–H and O–H groups in total. The van der Waals surface area contributed by atoms with Crippen LogP contribution in [0.3, 0.4) is 0 Å². The number of fused-ring (bicyclic) bond motifs is 1. The van der Waals surface area contributed by atoms with Gasteiger partial charge < -0.3 is 10.2 Å². The number of aryl methyl sites for hydroxylation is 2. The van der Waals surface area contributed by atoms with E-state index in [0.29, 0.717) is 10.7 Å². The summed E-state index contributed by atoms with van der Waals surface area (Å²) in [6, 6.07) is 5.64. The topological polar surface area (TPSA) is 74.1 Å². The molecule has 5 nitrogen and oxygen atoms in total. The Morgan fingerprint density at radius 1 is 1.47 bits per heavy atom. The Bertz CT molecular complexity index is 813. The molecular weight excluding hydrogens is 262 g/mol. The monoisotopic (exact) mass is 275 g/mol. The molecule has 3 rings (SSSR count). The number of rotatable bonds is 2. The number of oxazole rings is 1. The number of nitrogens with two attached hydrogens (primary N) is 1. The number of aromatic nitrogens is 2. The van der Waals surface area contributed by atoms with Crippen LogP contribution in [0.1, 0.15) is 11.8 Å². The number of thiazole rings is 1. The average Bonchev–Trinajstić information content (AvgIpc) is 2.91. The Morgan fingerprint density at radius 2 is 2.26 bits per heavy atom. The van der Waals surface area contributed by atoms with Crippen molar-refractivity contribution in [1.82, 2.24) is 9.55 Å². The van der Waals surface area contributed by atoms with Crippen molar-refractivity contribution < 1.29 is 4.42 Å². The van der Waals surface area contributed by atoms with E-state index in [1.165, 1.54) is 15.9 Å². The summed E-state index contributed by atoms with van der Waals surface area (Å²) in [7, 11) is 1.69. The lowest BCUT2D eigenvalue weighted by atomic mass is 10.1. The fourth-order valence-electron chi connectivity index (χ4n) is 2.12. The Labute approximate surface area is 113 Å². The second kappa shape index (κ2) is 4.24. The predicted octanol–water partition coefficient (Wildman–Crippen LogP) is 2.40. The second-order valence-corrected chi connectivity index (χ2v) is 5.40. The van der Waals surface area contributed by atoms with Crippen molar-refractivity contribution in [2.45, 2.75) is 13.3 Å². The van der Waals surface area contributed by atoms with Crippen molar-refractivity contribution in [3.05, 3.63) is 33.6 Å². The molecule has 0 radical (unpaired) electrons. The summed E-state index contributed by atoms with van der Waals surface area (Å²) < 4.78 is 6.67. The van der Waals surface area contributed by atoms with Gasteiger partial charge in [-0.25, -0.2) is 9.78 Å². The number of anilines is 1. The van der Waals surface area contributed by atoms with Crippen molar-refractivity contribution in [2.24, 2.45) is 7.05 Å². The highest BCUT2D eigenvalue weighted by atomic mass is 32.1. The molecular formula is C13H13N3O2S. The van der Waals surface area contributed by atoms with Crippen LogP contribution in [-0.2, 0) is 13.5 Å². The molecule has 1 aromatic carbocycles. The van der Waals surface area contributed by atoms with E-state index in [1.54, 1.807) is 7.05 Å². The van der Waals surface area contributed by atoms with Gasteiger partial charge in [-0.15, -0.1) is 11.3 Å². The van der Waals surface area contributed by atoms with Gasteiger partial charge in [0.25, 0.3) is 0 Å². The van der Waals surface area contributed by atoms with Gasteiger partial charge in [0.05, 0.1) is 11.2 Å². The van der Waals surface area contributed by atoms with Crippen molar-refractivity contribution in [3.8, 4) is 11.3 Å². The number of benzene rings is 1. The third kappa shape index (κ3) is 1.84. The maximum Gasteiger partial charge on any atom is 0.419 e. The number of hydrogen-bond donors (Lipinski definition) is 1. The zero-order valence-electron chi connectivity index (χ0n) is 10.6. The van der Waals surface area contributed by atoms with Gasteiger partial charge in [0.2, 0.25) is 0 Å². The molecule has 0 unspecified atom stereocenters. The minimum atomic E-state index is -0.361. The Hall–Kier alpha value is -2.08. The summed E-state index contributed by atoms with van der Waals surface area (Å²) in [5, 5.41) is 0.557. The zero-order valence-corrected chi connectivity index (χ0v) is 11.5. The molecule has 2 heterocycles. The van der Waals surface area contributed by atoms with Gasteiger partial charge in [-0.1, -0.05) is 13.0 Å². The van der Waals surface area contributed by atoms with Crippen LogP contribution in [0.15, 0.2) is 27.4 Å². The zero-order chi connectivity index (χ0) is 13.6. The van der Waals surface area contributed by atoms with Crippen molar-refractivity contribution >= 4 is 27.6 Å². The molecule has 98 valence electrons. The summed E-state index contributed by atoms with van der Waals surface area (Å²) >= 11 is 1.49. The largest absolute Gasteiger partial charge is 0.419 e. The highest BCUT2D eigenvalue weighted by molar-refractivity contribution is 7.15. The highest BCUT2D eigenvalue weighted by Gasteiger charge is 2.13. The second-order valence-electron chi connectivity index (χ2n) is 4.29. The normalized spacial score (nSPS) is 11.3. The maximum atomic E-state index is 11.5. The van der Waals surface area contributed by atoms with Crippen LogP contribution in [0.4, 0.5) is 5.13 Å². The van der Waals surface area contributed by atoms with Crippen molar-refractivity contribution in [1.29, 1.82) is 0 Å². The molecule has 0 aliphatic carbocycles. The number of nitrogen functional groups attached to an aromatic ring is 1. The van der Waals surface area contributed by atoms with Crippen LogP contribution >= 0.6 is 11.3 Å². The van der Waals surface area contributed by atoms with E-state index >= 15 is 0 Å². The SMILES string of the molecule is CCc1sc(N)nc1-c1ccc2c(c1)oc(=O)n2C. The smallest absolute Gasteiger partial charge is 0.408 e. The quantitative estimate of drug-likeness (QED) is 0.779. The summed E-state index contributed by atoms with van der Waals surface area (Å²) in [5.74, 6) is -0.361. The van der Waals surface area contributed by atoms with Crippen LogP contribution < -0.4 is 11.5 Å². The minimum Gasteiger partial charge on any atom is -0.408 e. The van der Waals surface area contributed by atoms with E-state index in [2.05, 4.69) is 11.9 Å². The first-order valence-electron chi connectivity index (χ1n) is 5.95. The molecule has 0 aliphatic rings. The van der Waals surface area contributed by atoms with Gasteiger partial charge in [-0.2, -0.15) is 0 Å². The highest BCUT2D eigenvalue weighted by Crippen LogP contribution is 2.31. The third-order valence-corrected chi connectivity index (χ3v) is 4.13. The molecule has 0 saturated heterocycles. The summed E-state index contributed by atoms with van der Waals surface area (Å²) in [5.41, 5.74) is 8.90. The molecule has 0 bridgehead atoms. The molecule has 2 aromatic heterocycles. The Balaban J connectivity index is 2.23. The van der Waals surface area contributed by atoms with Crippen molar-refractivity contribution in [2.75, 3.05) is 5.73 Å². The lowest BCUT2D eigenvalue weighted by molar-refractivity contribution is 0.528. The molecule has 0 saturated carbocycles. The molecule has 0 spiro atoms. The van der Waals surface area contributed by atoms with E-state index < -0.39 is 0 Å². The number of hydrogen-bond acceptors (Lipinski definition) is 5. The van der Waals surface area contributed by atoms with E-state index in [0.717, 1.165) is 28.1 Å². The fraction of sp³-hybridized carbons (Fsp3) is 0.231. The molecule has 0 fully saturated rings. The Morgan fingerprint density at radius 3 is 3.00 bits per heavy atom. The van der Waals surface area contributed by atoms with Gasteiger partial charge in [0.1, 0.15) is 0 Å². The molecule has 6 heteroatoms. The standard InChI is InChI=1S/C13H13N3O2S/c1-3-10-11(15-12(14)19-10)7-4-5-8-9(6-7)18-13(17)16(8)2/h4-6H,3H2,1-2H3,(H2,14,15). The molecule has 0 amide bonds. The lowest BCUT2D eigenvalue weighted by Crippen LogP contribution is -2.08. The van der Waals surface area contributed by atoms with Gasteiger partial charge in [0.15, 0.2) is 10.7 Å². The third-order valence-electron chi connectivity index (χ3n) is 3.10. The first kappa shape index (κ1) is 12.0. The first-order valence-corrected chi connectivity index (χ1v) is 6.77. The molecule has 0 atom stereocenters. The predicted molar refractivity (Wildman–Crippen MR) is 76.4 cm³/mol. The summed E-state index contributed by atoms with van der Waals surface area (Å²) in [6.07, 6.45) is 0.876. The van der Waals surface area contributed by atoms with E-state index in [-0.39, 0.29) is 5.76 Å². The van der Waals surface area contributed by atoms with Crippen molar-refractivity contribution in [3.63, 3.8) is 0 Å². The van der Waals surface area contributed by atoms with Crippen LogP contribution in [0, 0.1) is 0 Å². The van der Waals surface area contributed by atoms with E-state index in [9.17, 15) is 4.79 Å². The molecule has 0 aliphatic heterocycles. The summed E-state index contributed by atoms with van der Waals surface area (Å²) in [4.78, 5) is 17.0. The minimum absolute atomic E-state index is 0.361. The van der Waals surface area contributed by atoms with Crippen LogP contribution in [0.2, 0.25) is 0 Å². The molecule has 19 heavy (non-hydrogen) atoms. The van der Waals surface area contributed by atoms with E-state index in [4.69, 9.17) is 10.2 Å². The fourth-order valence-corrected chi connectivity index (χ4v) is 2.91. The molecule has 3 aromatic rings. The maximum absolute atomic E-state index is 11.5. The van der Waals surface area contributed by atoms with Crippen LogP contribution in [0.25, 0.3) is 22.4 Å². The lowest BCUT2D eigenvalue weighted by Gasteiger charge is -2.00. The van der Waals surface area contributed by atoms with Crippen LogP contribution in [0.5, 0.6) is 0 Å². The van der Waals surface area contributed by atoms with Gasteiger partial charge in [-0.3, -0.25) is 4.57 Å².